The van der Waals surface area contributed by atoms with E-state index in [1.165, 1.54) is 0 Å². The smallest absolute Gasteiger partial charge is 0.314 e. The summed E-state index contributed by atoms with van der Waals surface area (Å²) in [6.07, 6.45) is 2.34. The van der Waals surface area contributed by atoms with Crippen LogP contribution >= 0.6 is 0 Å². The average molecular weight is 242 g/mol. The largest absolute Gasteiger partial charge is 0.465 e. The lowest BCUT2D eigenvalue weighted by atomic mass is 9.62. The van der Waals surface area contributed by atoms with Crippen LogP contribution in [0.25, 0.3) is 0 Å². The topological polar surface area (TPSA) is 46.5 Å². The molecule has 0 radical (unpaired) electrons. The van der Waals surface area contributed by atoms with Gasteiger partial charge in [0.25, 0.3) is 0 Å². The van der Waals surface area contributed by atoms with Crippen LogP contribution in [0.15, 0.2) is 0 Å². The molecule has 0 aliphatic heterocycles. The summed E-state index contributed by atoms with van der Waals surface area (Å²) in [5.74, 6) is 0.778. The highest BCUT2D eigenvalue weighted by atomic mass is 16.5. The Hall–Kier alpha value is -0.570. The summed E-state index contributed by atoms with van der Waals surface area (Å²) < 4.78 is 5.09. The molecule has 0 bridgehead atoms. The minimum atomic E-state index is -0.925. The Kier molecular flexibility index (Phi) is 4.23. The zero-order valence-corrected chi connectivity index (χ0v) is 11.7. The monoisotopic (exact) mass is 242 g/mol. The maximum Gasteiger partial charge on any atom is 0.314 e. The highest BCUT2D eigenvalue weighted by Gasteiger charge is 2.52. The van der Waals surface area contributed by atoms with E-state index < -0.39 is 11.0 Å². The van der Waals surface area contributed by atoms with Crippen molar-refractivity contribution < 1.29 is 14.6 Å². The van der Waals surface area contributed by atoms with Crippen LogP contribution in [0.5, 0.6) is 0 Å². The molecule has 3 unspecified atom stereocenters. The molecule has 1 aliphatic rings. The quantitative estimate of drug-likeness (QED) is 0.774. The van der Waals surface area contributed by atoms with Crippen molar-refractivity contribution in [3.05, 3.63) is 0 Å². The van der Waals surface area contributed by atoms with Crippen molar-refractivity contribution in [2.24, 2.45) is 17.3 Å². The van der Waals surface area contributed by atoms with E-state index in [9.17, 15) is 9.90 Å². The van der Waals surface area contributed by atoms with E-state index in [1.54, 1.807) is 20.8 Å². The van der Waals surface area contributed by atoms with Crippen molar-refractivity contribution in [2.75, 3.05) is 6.61 Å². The summed E-state index contributed by atoms with van der Waals surface area (Å²) in [6.45, 7) is 10.1. The van der Waals surface area contributed by atoms with Gasteiger partial charge in [-0.25, -0.2) is 0 Å². The molecule has 1 N–H and O–H groups in total. The Balaban J connectivity index is 2.85. The first-order chi connectivity index (χ1) is 7.74. The van der Waals surface area contributed by atoms with Crippen molar-refractivity contribution >= 4 is 5.97 Å². The standard InChI is InChI=1S/C14H26O3/c1-6-17-12(15)13(4,5)14(16)8-7-10(2)11(3)9-14/h10-11,16H,6-9H2,1-5H3. The molecule has 100 valence electrons. The molecule has 1 aliphatic carbocycles. The van der Waals surface area contributed by atoms with Gasteiger partial charge in [0.15, 0.2) is 0 Å². The number of aliphatic hydroxyl groups is 1. The van der Waals surface area contributed by atoms with Crippen LogP contribution in [0.2, 0.25) is 0 Å². The molecule has 1 rings (SSSR count). The number of hydrogen-bond acceptors (Lipinski definition) is 3. The molecule has 0 aromatic heterocycles. The summed E-state index contributed by atoms with van der Waals surface area (Å²) in [6, 6.07) is 0. The molecule has 0 amide bonds. The minimum Gasteiger partial charge on any atom is -0.465 e. The Bertz CT molecular complexity index is 285. The maximum absolute atomic E-state index is 12.0. The van der Waals surface area contributed by atoms with Crippen LogP contribution in [0, 0.1) is 17.3 Å². The fourth-order valence-electron chi connectivity index (χ4n) is 2.66. The molecule has 3 nitrogen and oxygen atoms in total. The van der Waals surface area contributed by atoms with Crippen molar-refractivity contribution in [2.45, 2.75) is 59.5 Å². The second-order valence-electron chi connectivity index (χ2n) is 6.07. The van der Waals surface area contributed by atoms with Gasteiger partial charge in [0.1, 0.15) is 0 Å². The molecule has 0 heterocycles. The molecule has 3 heteroatoms. The van der Waals surface area contributed by atoms with E-state index in [2.05, 4.69) is 13.8 Å². The number of ether oxygens (including phenoxy) is 1. The van der Waals surface area contributed by atoms with E-state index >= 15 is 0 Å². The maximum atomic E-state index is 12.0. The molecule has 17 heavy (non-hydrogen) atoms. The molecule has 0 saturated heterocycles. The molecule has 0 spiro atoms. The van der Waals surface area contributed by atoms with Crippen LogP contribution in [-0.4, -0.2) is 23.3 Å². The van der Waals surface area contributed by atoms with Crippen LogP contribution in [0.1, 0.15) is 53.9 Å². The van der Waals surface area contributed by atoms with Gasteiger partial charge in [-0.05, 0) is 51.9 Å². The van der Waals surface area contributed by atoms with E-state index in [0.29, 0.717) is 31.3 Å². The zero-order chi connectivity index (χ0) is 13.3. The number of carbonyl (C=O) groups is 1. The molecule has 0 aromatic rings. The molecular weight excluding hydrogens is 216 g/mol. The molecule has 1 saturated carbocycles. The Morgan fingerprint density at radius 1 is 1.41 bits per heavy atom. The van der Waals surface area contributed by atoms with E-state index in [4.69, 9.17) is 4.74 Å². The van der Waals surface area contributed by atoms with E-state index in [1.807, 2.05) is 0 Å². The molecule has 0 aromatic carbocycles. The first-order valence-electron chi connectivity index (χ1n) is 6.64. The fraction of sp³-hybridized carbons (Fsp3) is 0.929. The predicted molar refractivity (Wildman–Crippen MR) is 67.5 cm³/mol. The molecule has 3 atom stereocenters. The van der Waals surface area contributed by atoms with Gasteiger partial charge in [-0.2, -0.15) is 0 Å². The number of rotatable bonds is 3. The average Bonchev–Trinajstić information content (AvgIpc) is 2.24. The highest BCUT2D eigenvalue weighted by molar-refractivity contribution is 5.77. The van der Waals surface area contributed by atoms with Crippen molar-refractivity contribution in [1.29, 1.82) is 0 Å². The zero-order valence-electron chi connectivity index (χ0n) is 11.7. The summed E-state index contributed by atoms with van der Waals surface area (Å²) in [4.78, 5) is 12.0. The highest BCUT2D eigenvalue weighted by Crippen LogP contribution is 2.46. The summed E-state index contributed by atoms with van der Waals surface area (Å²) in [7, 11) is 0. The summed E-state index contributed by atoms with van der Waals surface area (Å²) >= 11 is 0. The second-order valence-corrected chi connectivity index (χ2v) is 6.07. The van der Waals surface area contributed by atoms with Gasteiger partial charge in [-0.15, -0.1) is 0 Å². The third kappa shape index (κ3) is 2.65. The first kappa shape index (κ1) is 14.5. The summed E-state index contributed by atoms with van der Waals surface area (Å²) in [5, 5.41) is 10.8. The van der Waals surface area contributed by atoms with Crippen LogP contribution in [0.3, 0.4) is 0 Å². The van der Waals surface area contributed by atoms with Gasteiger partial charge in [0.2, 0.25) is 0 Å². The van der Waals surface area contributed by atoms with Gasteiger partial charge < -0.3 is 9.84 Å². The SMILES string of the molecule is CCOC(=O)C(C)(C)C1(O)CCC(C)C(C)C1. The van der Waals surface area contributed by atoms with Gasteiger partial charge >= 0.3 is 5.97 Å². The number of esters is 1. The fourth-order valence-corrected chi connectivity index (χ4v) is 2.66. The third-order valence-electron chi connectivity index (χ3n) is 4.59. The second kappa shape index (κ2) is 4.97. The predicted octanol–water partition coefficient (Wildman–Crippen LogP) is 2.76. The van der Waals surface area contributed by atoms with E-state index in [0.717, 1.165) is 6.42 Å². The van der Waals surface area contributed by atoms with Crippen LogP contribution < -0.4 is 0 Å². The van der Waals surface area contributed by atoms with Gasteiger partial charge in [0, 0.05) is 0 Å². The van der Waals surface area contributed by atoms with E-state index in [-0.39, 0.29) is 5.97 Å². The van der Waals surface area contributed by atoms with Gasteiger partial charge in [-0.1, -0.05) is 13.8 Å². The van der Waals surface area contributed by atoms with Gasteiger partial charge in [-0.3, -0.25) is 4.79 Å². The number of carbonyl (C=O) groups excluding carboxylic acids is 1. The Morgan fingerprint density at radius 2 is 2.00 bits per heavy atom. The molecular formula is C14H26O3. The third-order valence-corrected chi connectivity index (χ3v) is 4.59. The van der Waals surface area contributed by atoms with Crippen molar-refractivity contribution in [3.63, 3.8) is 0 Å². The Labute approximate surface area is 105 Å². The first-order valence-corrected chi connectivity index (χ1v) is 6.64. The molecule has 1 fully saturated rings. The lowest BCUT2D eigenvalue weighted by Gasteiger charge is -2.47. The summed E-state index contributed by atoms with van der Waals surface area (Å²) in [5.41, 5.74) is -1.75. The van der Waals surface area contributed by atoms with Gasteiger partial charge in [0.05, 0.1) is 17.6 Å². The van der Waals surface area contributed by atoms with Crippen LogP contribution in [-0.2, 0) is 9.53 Å². The number of hydrogen-bond donors (Lipinski definition) is 1. The van der Waals surface area contributed by atoms with Crippen molar-refractivity contribution in [1.82, 2.24) is 0 Å². The van der Waals surface area contributed by atoms with Crippen LogP contribution in [0.4, 0.5) is 0 Å². The minimum absolute atomic E-state index is 0.288. The lowest BCUT2D eigenvalue weighted by molar-refractivity contribution is -0.179. The normalized spacial score (nSPS) is 34.5. The lowest BCUT2D eigenvalue weighted by Crippen LogP contribution is -2.53. The Morgan fingerprint density at radius 3 is 2.47 bits per heavy atom. The van der Waals surface area contributed by atoms with Crippen molar-refractivity contribution in [3.8, 4) is 0 Å².